The van der Waals surface area contributed by atoms with Crippen LogP contribution in [0.2, 0.25) is 0 Å². The predicted molar refractivity (Wildman–Crippen MR) is 127 cm³/mol. The molecule has 37 heavy (non-hydrogen) atoms. The highest BCUT2D eigenvalue weighted by Crippen LogP contribution is 2.52. The topological polar surface area (TPSA) is 101 Å². The van der Waals surface area contributed by atoms with Crippen molar-refractivity contribution in [2.24, 2.45) is 0 Å². The summed E-state index contributed by atoms with van der Waals surface area (Å²) in [6.07, 6.45) is -6.21. The average Bonchev–Trinajstić information content (AvgIpc) is 3.50. The van der Waals surface area contributed by atoms with E-state index in [2.05, 4.69) is 9.47 Å². The zero-order chi connectivity index (χ0) is 29.5. The predicted octanol–water partition coefficient (Wildman–Crippen LogP) is 3.57. The number of halogens is 3. The van der Waals surface area contributed by atoms with Crippen molar-refractivity contribution in [1.29, 1.82) is 0 Å². The van der Waals surface area contributed by atoms with E-state index in [0.717, 1.165) is 6.07 Å². The van der Waals surface area contributed by atoms with Gasteiger partial charge in [-0.1, -0.05) is 19.9 Å². The van der Waals surface area contributed by atoms with Crippen LogP contribution in [0, 0.1) is 5.82 Å². The Kier molecular flexibility index (Phi) is 5.19. The molecule has 1 saturated carbocycles. The molecule has 0 radical (unpaired) electrons. The maximum absolute atomic E-state index is 15.4. The normalized spacial score (nSPS) is 20.7. The van der Waals surface area contributed by atoms with Crippen LogP contribution in [0.1, 0.15) is 47.6 Å². The number of ether oxygens (including phenoxy) is 2. The van der Waals surface area contributed by atoms with Crippen LogP contribution < -0.4 is 9.47 Å². The summed E-state index contributed by atoms with van der Waals surface area (Å²) in [4.78, 5) is 13.4. The van der Waals surface area contributed by atoms with Crippen molar-refractivity contribution in [2.45, 2.75) is 62.9 Å². The van der Waals surface area contributed by atoms with Gasteiger partial charge in [0.2, 0.25) is 0 Å². The van der Waals surface area contributed by atoms with Crippen molar-refractivity contribution in [2.75, 3.05) is 13.2 Å². The number of rotatable bonds is 9. The van der Waals surface area contributed by atoms with Crippen LogP contribution in [0.25, 0.3) is 10.9 Å². The third kappa shape index (κ3) is 4.47. The van der Waals surface area contributed by atoms with Crippen LogP contribution in [0.3, 0.4) is 0 Å². The quantitative estimate of drug-likeness (QED) is 0.397. The van der Waals surface area contributed by atoms with Crippen molar-refractivity contribution < 1.29 is 46.9 Å². The molecule has 2 aromatic carbocycles. The summed E-state index contributed by atoms with van der Waals surface area (Å²) in [5.41, 5.74) is -0.915. The van der Waals surface area contributed by atoms with E-state index in [1.54, 1.807) is 19.9 Å². The minimum Gasteiger partial charge on any atom is -0.395 e. The lowest BCUT2D eigenvalue weighted by Gasteiger charge is -2.25. The highest BCUT2D eigenvalue weighted by molar-refractivity contribution is 5.95. The molecule has 0 spiro atoms. The van der Waals surface area contributed by atoms with Gasteiger partial charge in [0.05, 0.1) is 40.8 Å². The summed E-state index contributed by atoms with van der Waals surface area (Å²) in [6.45, 7) is -1.13. The van der Waals surface area contributed by atoms with Crippen LogP contribution in [0.4, 0.5) is 13.2 Å². The molecule has 10 heteroatoms. The van der Waals surface area contributed by atoms with Crippen LogP contribution in [0.15, 0.2) is 36.4 Å². The van der Waals surface area contributed by atoms with E-state index in [-0.39, 0.29) is 41.4 Å². The van der Waals surface area contributed by atoms with Gasteiger partial charge < -0.3 is 29.4 Å². The smallest absolute Gasteiger partial charge is 0.395 e. The highest BCUT2D eigenvalue weighted by atomic mass is 19.3. The largest absolute Gasteiger partial charge is 0.586 e. The first-order valence-electron chi connectivity index (χ1n) is 13.2. The molecule has 2 heterocycles. The second-order valence-corrected chi connectivity index (χ2v) is 10.2. The Morgan fingerprint density at radius 3 is 2.54 bits per heavy atom. The van der Waals surface area contributed by atoms with E-state index in [4.69, 9.17) is 4.11 Å². The number of carbonyl (C=O) groups excluding carboxylic acids is 1. The van der Waals surface area contributed by atoms with E-state index in [9.17, 15) is 28.9 Å². The molecule has 0 unspecified atom stereocenters. The maximum atomic E-state index is 15.4. The van der Waals surface area contributed by atoms with Crippen molar-refractivity contribution in [3.63, 3.8) is 0 Å². The maximum Gasteiger partial charge on any atom is 0.586 e. The molecule has 198 valence electrons. The molecule has 2 aliphatic rings. The number of hydrogen-bond donors (Lipinski definition) is 3. The number of hydrogen-bond acceptors (Lipinski definition) is 6. The monoisotopic (exact) mass is 522 g/mol. The summed E-state index contributed by atoms with van der Waals surface area (Å²) >= 11 is 0. The summed E-state index contributed by atoms with van der Waals surface area (Å²) in [6, 6.07) is 8.28. The van der Waals surface area contributed by atoms with Crippen molar-refractivity contribution in [3.8, 4) is 11.5 Å². The molecule has 1 atom stereocenters. The lowest BCUT2D eigenvalue weighted by molar-refractivity contribution is -0.286. The van der Waals surface area contributed by atoms with E-state index in [1.807, 2.05) is 0 Å². The number of Topliss-reactive ketones (excluding diaryl/α,β-unsaturated/α-hetero) is 1. The third-order valence-electron chi connectivity index (χ3n) is 7.18. The Hall–Kier alpha value is -3.08. The number of ketones is 1. The molecule has 3 aromatic rings. The molecule has 5 rings (SSSR count). The standard InChI is InChI=1S/C27H28F3NO6/c1-25(2,14-33)23-8-16-7-15(19(28)11-20(16)31(23)12-18(34)13-32)9-24(35)26(5-6-26)17-3-4-21-22(10-17)37-27(29,30)36-21/h3-4,7-8,10-11,18,32-34H,5-6,9,12-14H2,1-2H3/t18-/m0/s1/i13D2,18D. The number of aliphatic hydroxyl groups is 3. The summed E-state index contributed by atoms with van der Waals surface area (Å²) in [7, 11) is 0. The van der Waals surface area contributed by atoms with Gasteiger partial charge in [0.15, 0.2) is 11.5 Å². The molecular formula is C27H28F3NO6. The number of benzene rings is 2. The van der Waals surface area contributed by atoms with Gasteiger partial charge in [-0.25, -0.2) is 4.39 Å². The molecule has 7 nitrogen and oxygen atoms in total. The molecule has 0 amide bonds. The van der Waals surface area contributed by atoms with Gasteiger partial charge in [0.1, 0.15) is 11.6 Å². The van der Waals surface area contributed by atoms with Gasteiger partial charge in [-0.3, -0.25) is 4.79 Å². The minimum atomic E-state index is -3.80. The second-order valence-electron chi connectivity index (χ2n) is 10.2. The fourth-order valence-electron chi connectivity index (χ4n) is 4.91. The van der Waals surface area contributed by atoms with Crippen LogP contribution in [-0.4, -0.2) is 51.2 Å². The number of aliphatic hydroxyl groups excluding tert-OH is 1. The van der Waals surface area contributed by atoms with Crippen molar-refractivity contribution in [1.82, 2.24) is 4.57 Å². The van der Waals surface area contributed by atoms with E-state index in [1.165, 1.54) is 28.8 Å². The fourth-order valence-corrected chi connectivity index (χ4v) is 4.91. The van der Waals surface area contributed by atoms with Gasteiger partial charge in [-0.2, -0.15) is 0 Å². The summed E-state index contributed by atoms with van der Waals surface area (Å²) in [5.74, 6) is -1.42. The fraction of sp³-hybridized carbons (Fsp3) is 0.444. The Bertz CT molecular complexity index is 1510. The van der Waals surface area contributed by atoms with Gasteiger partial charge in [0.25, 0.3) is 0 Å². The number of aromatic nitrogens is 1. The molecule has 0 saturated heterocycles. The zero-order valence-electron chi connectivity index (χ0n) is 23.1. The highest BCUT2D eigenvalue weighted by Gasteiger charge is 2.52. The summed E-state index contributed by atoms with van der Waals surface area (Å²) in [5, 5.41) is 30.4. The Morgan fingerprint density at radius 2 is 1.89 bits per heavy atom. The summed E-state index contributed by atoms with van der Waals surface area (Å²) < 4.78 is 75.3. The first-order chi connectivity index (χ1) is 18.4. The van der Waals surface area contributed by atoms with Crippen LogP contribution in [0.5, 0.6) is 11.5 Å². The second kappa shape index (κ2) is 8.75. The molecular weight excluding hydrogens is 491 g/mol. The van der Waals surface area contributed by atoms with E-state index < -0.39 is 42.1 Å². The number of fused-ring (bicyclic) bond motifs is 2. The van der Waals surface area contributed by atoms with Gasteiger partial charge in [0, 0.05) is 22.9 Å². The Balaban J connectivity index is 1.49. The first-order valence-corrected chi connectivity index (χ1v) is 11.7. The van der Waals surface area contributed by atoms with E-state index in [0.29, 0.717) is 29.5 Å². The lowest BCUT2D eigenvalue weighted by Crippen LogP contribution is -2.29. The number of carbonyl (C=O) groups is 1. The first kappa shape index (κ1) is 22.0. The minimum absolute atomic E-state index is 0.0557. The number of alkyl halides is 2. The van der Waals surface area contributed by atoms with Crippen LogP contribution >= 0.6 is 0 Å². The number of nitrogens with zero attached hydrogens (tertiary/aromatic N) is 1. The van der Waals surface area contributed by atoms with Crippen LogP contribution in [-0.2, 0) is 28.6 Å². The lowest BCUT2D eigenvalue weighted by atomic mass is 9.87. The molecule has 1 aliphatic heterocycles. The van der Waals surface area contributed by atoms with Gasteiger partial charge in [-0.05, 0) is 54.3 Å². The zero-order valence-corrected chi connectivity index (χ0v) is 20.1. The molecule has 0 bridgehead atoms. The Morgan fingerprint density at radius 1 is 1.19 bits per heavy atom. The van der Waals surface area contributed by atoms with Gasteiger partial charge >= 0.3 is 6.29 Å². The SMILES string of the molecule is [2H]C([2H])(O)[C@@]([2H])(O)Cn1c(C(C)(C)CO)cc2cc(CC(=O)C3(c4ccc5c(c4)OC(F)(F)O5)CC3)c(F)cc21. The van der Waals surface area contributed by atoms with E-state index >= 15 is 4.39 Å². The average molecular weight is 523 g/mol. The van der Waals surface area contributed by atoms with Gasteiger partial charge in [-0.15, -0.1) is 8.78 Å². The Labute approximate surface area is 215 Å². The van der Waals surface area contributed by atoms with Crippen molar-refractivity contribution >= 4 is 16.7 Å². The molecule has 1 aromatic heterocycles. The third-order valence-corrected chi connectivity index (χ3v) is 7.18. The van der Waals surface area contributed by atoms with Crippen molar-refractivity contribution in [3.05, 3.63) is 59.0 Å². The molecule has 1 aliphatic carbocycles. The molecule has 3 N–H and O–H groups in total. The molecule has 1 fully saturated rings.